The van der Waals surface area contributed by atoms with Crippen molar-refractivity contribution in [2.75, 3.05) is 0 Å². The van der Waals surface area contributed by atoms with Crippen molar-refractivity contribution in [2.24, 2.45) is 0 Å². The van der Waals surface area contributed by atoms with E-state index in [9.17, 15) is 23.9 Å². The van der Waals surface area contributed by atoms with Gasteiger partial charge >= 0.3 is 5.97 Å². The van der Waals surface area contributed by atoms with Crippen LogP contribution >= 0.6 is 0 Å². The molecule has 2 aromatic rings. The zero-order chi connectivity index (χ0) is 19.8. The molecule has 2 amide bonds. The third kappa shape index (κ3) is 6.54. The zero-order valence-corrected chi connectivity index (χ0v) is 14.8. The summed E-state index contributed by atoms with van der Waals surface area (Å²) in [6.07, 6.45) is 0.148. The van der Waals surface area contributed by atoms with Gasteiger partial charge in [0.2, 0.25) is 11.8 Å². The Kier molecular flexibility index (Phi) is 7.05. The van der Waals surface area contributed by atoms with Crippen molar-refractivity contribution in [3.63, 3.8) is 0 Å². The number of aliphatic carboxylic acids is 1. The maximum Gasteiger partial charge on any atom is 0.326 e. The molecule has 0 heterocycles. The third-order valence-corrected chi connectivity index (χ3v) is 3.92. The number of halogens is 1. The Bertz CT molecular complexity index is 811. The van der Waals surface area contributed by atoms with Gasteiger partial charge in [0.05, 0.1) is 0 Å². The molecule has 27 heavy (non-hydrogen) atoms. The molecule has 0 saturated heterocycles. The molecule has 142 valence electrons. The van der Waals surface area contributed by atoms with Crippen LogP contribution in [0.4, 0.5) is 4.39 Å². The second kappa shape index (κ2) is 9.47. The molecule has 6 nitrogen and oxygen atoms in total. The lowest BCUT2D eigenvalue weighted by Crippen LogP contribution is -2.52. The predicted molar refractivity (Wildman–Crippen MR) is 97.4 cm³/mol. The minimum Gasteiger partial charge on any atom is -0.480 e. The van der Waals surface area contributed by atoms with Crippen molar-refractivity contribution >= 4 is 17.8 Å². The fourth-order valence-electron chi connectivity index (χ4n) is 2.68. The van der Waals surface area contributed by atoms with Crippen LogP contribution < -0.4 is 10.6 Å². The Labute approximate surface area is 156 Å². The fraction of sp³-hybridized carbons (Fsp3) is 0.250. The normalized spacial score (nSPS) is 12.7. The van der Waals surface area contributed by atoms with Gasteiger partial charge in [-0.15, -0.1) is 0 Å². The van der Waals surface area contributed by atoms with Crippen LogP contribution in [0, 0.1) is 5.82 Å². The van der Waals surface area contributed by atoms with Crippen molar-refractivity contribution in [1.29, 1.82) is 0 Å². The number of carboxylic acids is 1. The number of carbonyl (C=O) groups is 3. The lowest BCUT2D eigenvalue weighted by molar-refractivity contribution is -0.142. The molecule has 0 radical (unpaired) electrons. The van der Waals surface area contributed by atoms with Crippen LogP contribution in [-0.4, -0.2) is 35.0 Å². The maximum atomic E-state index is 13.3. The average Bonchev–Trinajstić information content (AvgIpc) is 2.61. The molecule has 0 fully saturated rings. The van der Waals surface area contributed by atoms with Crippen molar-refractivity contribution in [1.82, 2.24) is 10.6 Å². The number of carbonyl (C=O) groups excluding carboxylic acids is 2. The summed E-state index contributed by atoms with van der Waals surface area (Å²) in [5, 5.41) is 14.4. The Morgan fingerprint density at radius 2 is 1.56 bits per heavy atom. The van der Waals surface area contributed by atoms with E-state index in [0.29, 0.717) is 5.56 Å². The van der Waals surface area contributed by atoms with Crippen LogP contribution in [0.1, 0.15) is 18.1 Å². The van der Waals surface area contributed by atoms with E-state index in [2.05, 4.69) is 10.6 Å². The van der Waals surface area contributed by atoms with Crippen LogP contribution in [-0.2, 0) is 27.2 Å². The summed E-state index contributed by atoms with van der Waals surface area (Å²) in [5.41, 5.74) is 1.27. The summed E-state index contributed by atoms with van der Waals surface area (Å²) in [7, 11) is 0. The van der Waals surface area contributed by atoms with Crippen LogP contribution in [0.2, 0.25) is 0 Å². The van der Waals surface area contributed by atoms with Gasteiger partial charge in [0.25, 0.3) is 0 Å². The molecule has 0 aliphatic rings. The molecule has 0 aliphatic carbocycles. The minimum absolute atomic E-state index is 0.0725. The van der Waals surface area contributed by atoms with Crippen molar-refractivity contribution < 1.29 is 23.9 Å². The molecule has 0 spiro atoms. The highest BCUT2D eigenvalue weighted by Crippen LogP contribution is 2.08. The van der Waals surface area contributed by atoms with Gasteiger partial charge in [-0.1, -0.05) is 42.5 Å². The summed E-state index contributed by atoms with van der Waals surface area (Å²) in [6.45, 7) is 1.28. The molecule has 0 saturated carbocycles. The molecule has 0 unspecified atom stereocenters. The molecular weight excluding hydrogens is 351 g/mol. The van der Waals surface area contributed by atoms with Crippen LogP contribution in [0.15, 0.2) is 54.6 Å². The summed E-state index contributed by atoms with van der Waals surface area (Å²) in [4.78, 5) is 35.6. The number of hydrogen-bond acceptors (Lipinski definition) is 3. The molecular formula is C20H21FN2O4. The number of benzene rings is 2. The molecule has 3 N–H and O–H groups in total. The minimum atomic E-state index is -1.24. The first-order valence-corrected chi connectivity index (χ1v) is 8.44. The van der Waals surface area contributed by atoms with E-state index in [0.717, 1.165) is 5.56 Å². The van der Waals surface area contributed by atoms with Crippen molar-refractivity contribution in [2.45, 2.75) is 31.8 Å². The van der Waals surface area contributed by atoms with Gasteiger partial charge in [0.1, 0.15) is 17.9 Å². The first kappa shape index (κ1) is 20.1. The van der Waals surface area contributed by atoms with Crippen molar-refractivity contribution in [3.8, 4) is 0 Å². The van der Waals surface area contributed by atoms with Crippen LogP contribution in [0.5, 0.6) is 0 Å². The summed E-state index contributed by atoms with van der Waals surface area (Å²) < 4.78 is 13.3. The third-order valence-electron chi connectivity index (χ3n) is 3.92. The first-order chi connectivity index (χ1) is 12.8. The van der Waals surface area contributed by atoms with E-state index in [4.69, 9.17) is 0 Å². The van der Waals surface area contributed by atoms with E-state index in [1.807, 2.05) is 30.3 Å². The number of carboxylic acid groups (broad SMARTS) is 1. The monoisotopic (exact) mass is 372 g/mol. The van der Waals surface area contributed by atoms with E-state index in [1.54, 1.807) is 6.07 Å². The van der Waals surface area contributed by atoms with E-state index < -0.39 is 35.7 Å². The highest BCUT2D eigenvalue weighted by atomic mass is 19.1. The Balaban J connectivity index is 2.11. The van der Waals surface area contributed by atoms with E-state index in [-0.39, 0.29) is 12.8 Å². The summed E-state index contributed by atoms with van der Waals surface area (Å²) >= 11 is 0. The largest absolute Gasteiger partial charge is 0.480 e. The second-order valence-corrected chi connectivity index (χ2v) is 6.18. The highest BCUT2D eigenvalue weighted by Gasteiger charge is 2.26. The lowest BCUT2D eigenvalue weighted by Gasteiger charge is -2.21. The number of nitrogens with one attached hydrogen (secondary N) is 2. The first-order valence-electron chi connectivity index (χ1n) is 8.44. The zero-order valence-electron chi connectivity index (χ0n) is 14.8. The Hall–Kier alpha value is -3.22. The molecule has 0 aromatic heterocycles. The SMILES string of the molecule is CC(=O)N[C@@H](Cc1ccccc1)C(=O)N[C@@H](Cc1cccc(F)c1)C(=O)O. The van der Waals surface area contributed by atoms with Gasteiger partial charge in [-0.3, -0.25) is 9.59 Å². The number of amides is 2. The predicted octanol–water partition coefficient (Wildman–Crippen LogP) is 1.68. The Morgan fingerprint density at radius 1 is 0.926 bits per heavy atom. The van der Waals surface area contributed by atoms with Gasteiger partial charge in [-0.25, -0.2) is 9.18 Å². The molecule has 2 aromatic carbocycles. The smallest absolute Gasteiger partial charge is 0.326 e. The van der Waals surface area contributed by atoms with Gasteiger partial charge in [0, 0.05) is 19.8 Å². The number of hydrogen-bond donors (Lipinski definition) is 3. The van der Waals surface area contributed by atoms with Crippen LogP contribution in [0.25, 0.3) is 0 Å². The standard InChI is InChI=1S/C20H21FN2O4/c1-13(24)22-17(11-14-6-3-2-4-7-14)19(25)23-18(20(26)27)12-15-8-5-9-16(21)10-15/h2-10,17-18H,11-12H2,1H3,(H,22,24)(H,23,25)(H,26,27)/t17-,18-/m0/s1. The molecule has 7 heteroatoms. The van der Waals surface area contributed by atoms with E-state index in [1.165, 1.54) is 25.1 Å². The van der Waals surface area contributed by atoms with Gasteiger partial charge in [-0.05, 0) is 23.3 Å². The molecule has 2 rings (SSSR count). The fourth-order valence-corrected chi connectivity index (χ4v) is 2.68. The topological polar surface area (TPSA) is 95.5 Å². The second-order valence-electron chi connectivity index (χ2n) is 6.18. The summed E-state index contributed by atoms with van der Waals surface area (Å²) in [5.74, 6) is -2.74. The molecule has 2 atom stereocenters. The quantitative estimate of drug-likeness (QED) is 0.657. The van der Waals surface area contributed by atoms with Gasteiger partial charge in [-0.2, -0.15) is 0 Å². The van der Waals surface area contributed by atoms with E-state index >= 15 is 0 Å². The Morgan fingerprint density at radius 3 is 2.15 bits per heavy atom. The highest BCUT2D eigenvalue weighted by molar-refractivity contribution is 5.90. The summed E-state index contributed by atoms with van der Waals surface area (Å²) in [6, 6.07) is 12.4. The molecule has 0 aliphatic heterocycles. The maximum absolute atomic E-state index is 13.3. The lowest BCUT2D eigenvalue weighted by atomic mass is 10.0. The van der Waals surface area contributed by atoms with Gasteiger partial charge < -0.3 is 15.7 Å². The number of rotatable bonds is 8. The average molecular weight is 372 g/mol. The molecule has 0 bridgehead atoms. The van der Waals surface area contributed by atoms with Crippen LogP contribution in [0.3, 0.4) is 0 Å². The van der Waals surface area contributed by atoms with Gasteiger partial charge in [0.15, 0.2) is 0 Å². The van der Waals surface area contributed by atoms with Crippen molar-refractivity contribution in [3.05, 3.63) is 71.5 Å².